The lowest BCUT2D eigenvalue weighted by Gasteiger charge is -2.22. The van der Waals surface area contributed by atoms with Gasteiger partial charge in [0.05, 0.1) is 19.3 Å². The van der Waals surface area contributed by atoms with Crippen molar-refractivity contribution in [1.82, 2.24) is 30.9 Å². The summed E-state index contributed by atoms with van der Waals surface area (Å²) in [7, 11) is 0. The fraction of sp³-hybridized carbons (Fsp3) is 0.342. The van der Waals surface area contributed by atoms with Gasteiger partial charge in [-0.15, -0.1) is 12.4 Å². The molecule has 0 aliphatic rings. The molecule has 0 bridgehead atoms. The van der Waals surface area contributed by atoms with Crippen molar-refractivity contribution in [2.24, 2.45) is 17.2 Å². The first-order valence-corrected chi connectivity index (χ1v) is 31.8. The second kappa shape index (κ2) is 32.3. The molecule has 6 amide bonds. The Bertz CT molecular complexity index is 3630. The Morgan fingerprint density at radius 1 is 0.370 bits per heavy atom. The predicted octanol–water partition coefficient (Wildman–Crippen LogP) is 11.0. The minimum atomic E-state index is -0.815. The molecular formula is C73H89ClN12O6. The lowest BCUT2D eigenvalue weighted by Crippen LogP contribution is -2.44. The number of hydrogen-bond donors (Lipinski definition) is 12. The summed E-state index contributed by atoms with van der Waals surface area (Å²) in [6.45, 7) is 13.3. The van der Waals surface area contributed by atoms with Crippen LogP contribution in [0.2, 0.25) is 0 Å². The van der Waals surface area contributed by atoms with Crippen LogP contribution in [0.25, 0.3) is 32.7 Å². The van der Waals surface area contributed by atoms with Crippen LogP contribution < -0.4 is 49.1 Å². The highest BCUT2D eigenvalue weighted by Gasteiger charge is 2.27. The van der Waals surface area contributed by atoms with Gasteiger partial charge >= 0.3 is 0 Å². The van der Waals surface area contributed by atoms with Gasteiger partial charge in [0.2, 0.25) is 35.4 Å². The molecule has 0 unspecified atom stereocenters. The molecule has 3 heterocycles. The van der Waals surface area contributed by atoms with E-state index in [2.05, 4.69) is 65.1 Å². The van der Waals surface area contributed by atoms with E-state index < -0.39 is 18.1 Å². The van der Waals surface area contributed by atoms with Crippen LogP contribution in [-0.2, 0) is 48.0 Å². The number of amides is 6. The predicted molar refractivity (Wildman–Crippen MR) is 372 cm³/mol. The van der Waals surface area contributed by atoms with Crippen molar-refractivity contribution in [1.29, 1.82) is 0 Å². The molecule has 0 fully saturated rings. The Labute approximate surface area is 544 Å². The van der Waals surface area contributed by atoms with Crippen LogP contribution in [-0.4, -0.2) is 88.2 Å². The number of unbranched alkanes of at least 4 members (excludes halogenated alkanes) is 3. The highest BCUT2D eigenvalue weighted by Crippen LogP contribution is 2.35. The quantitative estimate of drug-likeness (QED) is 0.0150. The van der Waals surface area contributed by atoms with Crippen molar-refractivity contribution in [2.75, 3.05) is 35.6 Å². The zero-order valence-electron chi connectivity index (χ0n) is 53.6. The first-order chi connectivity index (χ1) is 43.9. The maximum Gasteiger partial charge on any atom is 0.246 e. The van der Waals surface area contributed by atoms with Gasteiger partial charge in [-0.05, 0) is 224 Å². The number of fused-ring (bicyclic) bond motifs is 3. The molecule has 0 radical (unpaired) electrons. The lowest BCUT2D eigenvalue weighted by molar-refractivity contribution is -0.126. The molecule has 92 heavy (non-hydrogen) atoms. The third-order valence-corrected chi connectivity index (χ3v) is 17.2. The maximum absolute atomic E-state index is 14.1. The van der Waals surface area contributed by atoms with Gasteiger partial charge in [-0.25, -0.2) is 0 Å². The molecule has 3 aromatic heterocycles. The lowest BCUT2D eigenvalue weighted by atomic mass is 9.85. The van der Waals surface area contributed by atoms with E-state index in [1.807, 2.05) is 151 Å². The number of aryl methyl sites for hydroxylation is 6. The SMILES string of the molecule is Cc1ccc2c(CC(=O)N[C@H](CCCCN)C(=O)Nc3ccc(C(c4ccc(NC(=O)[C@@H](CCCCN)NC(=O)Cc5c(C)[nH]c6cc(C)ccc56)cc4)c4ccc(NC(=O)[C@@H](CCCCN)NC(=O)Cc5c(C)[nH]c6cc(C)ccc56)cc4)cc3)c(C)[nH]c2c1.Cl. The van der Waals surface area contributed by atoms with E-state index in [0.717, 1.165) is 99.9 Å². The Hall–Kier alpha value is -9.07. The average Bonchev–Trinajstić information content (AvgIpc) is 1.50. The van der Waals surface area contributed by atoms with E-state index in [0.29, 0.717) is 94.5 Å². The van der Waals surface area contributed by atoms with Gasteiger partial charge in [0.25, 0.3) is 0 Å². The molecule has 9 aromatic rings. The third kappa shape index (κ3) is 17.7. The van der Waals surface area contributed by atoms with Crippen molar-refractivity contribution in [3.8, 4) is 0 Å². The number of aromatic nitrogens is 3. The average molecular weight is 1270 g/mol. The number of rotatable bonds is 30. The van der Waals surface area contributed by atoms with Crippen LogP contribution in [0.4, 0.5) is 17.1 Å². The molecule has 484 valence electrons. The normalized spacial score (nSPS) is 12.3. The zero-order chi connectivity index (χ0) is 64.7. The number of H-pyrrole nitrogens is 3. The van der Waals surface area contributed by atoms with Crippen LogP contribution in [0.15, 0.2) is 127 Å². The highest BCUT2D eigenvalue weighted by molar-refractivity contribution is 6.01. The van der Waals surface area contributed by atoms with Crippen LogP contribution in [0.3, 0.4) is 0 Å². The summed E-state index contributed by atoms with van der Waals surface area (Å²) < 4.78 is 0. The Morgan fingerprint density at radius 2 is 0.630 bits per heavy atom. The summed E-state index contributed by atoms with van der Waals surface area (Å²) in [4.78, 5) is 93.8. The van der Waals surface area contributed by atoms with Crippen molar-refractivity contribution in [3.63, 3.8) is 0 Å². The number of carbonyl (C=O) groups excluding carboxylic acids is 6. The van der Waals surface area contributed by atoms with Crippen LogP contribution in [0.5, 0.6) is 0 Å². The second-order valence-electron chi connectivity index (χ2n) is 24.3. The van der Waals surface area contributed by atoms with Gasteiger partial charge in [0.1, 0.15) is 18.1 Å². The fourth-order valence-electron chi connectivity index (χ4n) is 12.2. The van der Waals surface area contributed by atoms with Gasteiger partial charge in [-0.2, -0.15) is 0 Å². The van der Waals surface area contributed by atoms with Crippen LogP contribution >= 0.6 is 12.4 Å². The minimum absolute atomic E-state index is 0. The first kappa shape index (κ1) is 68.8. The van der Waals surface area contributed by atoms with Gasteiger partial charge in [0.15, 0.2) is 0 Å². The molecule has 0 aliphatic carbocycles. The number of aromatic amines is 3. The van der Waals surface area contributed by atoms with Crippen molar-refractivity contribution in [3.05, 3.63) is 195 Å². The minimum Gasteiger partial charge on any atom is -0.358 e. The summed E-state index contributed by atoms with van der Waals surface area (Å²) in [5.74, 6) is -2.23. The van der Waals surface area contributed by atoms with E-state index in [1.54, 1.807) is 0 Å². The second-order valence-corrected chi connectivity index (χ2v) is 24.3. The molecule has 18 nitrogen and oxygen atoms in total. The molecule has 0 spiro atoms. The number of anilines is 3. The molecular weight excluding hydrogens is 1180 g/mol. The van der Waals surface area contributed by atoms with Gasteiger partial charge in [0, 0.05) is 72.8 Å². The summed E-state index contributed by atoms with van der Waals surface area (Å²) >= 11 is 0. The van der Waals surface area contributed by atoms with E-state index in [9.17, 15) is 28.8 Å². The first-order valence-electron chi connectivity index (χ1n) is 31.8. The maximum atomic E-state index is 14.1. The number of benzene rings is 6. The highest BCUT2D eigenvalue weighted by atomic mass is 35.5. The molecule has 0 saturated heterocycles. The van der Waals surface area contributed by atoms with E-state index in [1.165, 1.54) is 0 Å². The number of carbonyl (C=O) groups is 6. The number of halogens is 1. The standard InChI is InChI=1S/C73H88N12O6.ClH/c1-43-16-31-55-58(46(4)77-64(55)37-43)40-67(86)83-61(13-7-10-34-74)71(89)80-52-25-19-49(20-26-52)70(50-21-27-53(28-22-50)81-72(90)62(14-8-11-35-75)84-68(87)41-59-47(5)78-65-38-44(2)17-32-56(59)65)51-23-29-54(30-24-51)82-73(91)63(15-9-12-36-76)85-69(88)42-60-48(6)79-66-39-45(3)18-33-57(60)66;/h16-33,37-39,61-63,70,77-79H,7-15,34-36,40-42,74-76H2,1-6H3,(H,80,89)(H,81,90)(H,82,91)(H,83,86)(H,84,87)(H,85,88);1H/t61-,62-,63-;/m1./s1. The van der Waals surface area contributed by atoms with Crippen LogP contribution in [0.1, 0.15) is 131 Å². The number of hydrogen-bond acceptors (Lipinski definition) is 9. The molecule has 19 heteroatoms. The summed E-state index contributed by atoms with van der Waals surface area (Å²) in [6, 6.07) is 38.5. The molecule has 9 rings (SSSR count). The Kier molecular flexibility index (Phi) is 24.2. The van der Waals surface area contributed by atoms with Crippen molar-refractivity contribution in [2.45, 2.75) is 143 Å². The van der Waals surface area contributed by atoms with Crippen molar-refractivity contribution < 1.29 is 28.8 Å². The van der Waals surface area contributed by atoms with Crippen molar-refractivity contribution >= 4 is 97.6 Å². The molecule has 15 N–H and O–H groups in total. The van der Waals surface area contributed by atoms with Gasteiger partial charge in [-0.3, -0.25) is 28.8 Å². The molecule has 6 aromatic carbocycles. The Morgan fingerprint density at radius 3 is 0.880 bits per heavy atom. The van der Waals surface area contributed by atoms with Gasteiger partial charge < -0.3 is 64.1 Å². The topological polar surface area (TPSA) is 300 Å². The summed E-state index contributed by atoms with van der Waals surface area (Å²) in [5.41, 5.74) is 33.3. The van der Waals surface area contributed by atoms with Crippen LogP contribution in [0, 0.1) is 41.5 Å². The zero-order valence-corrected chi connectivity index (χ0v) is 54.4. The molecule has 3 atom stereocenters. The fourth-order valence-corrected chi connectivity index (χ4v) is 12.2. The Balaban J connectivity index is 0.0000109. The molecule has 0 aliphatic heterocycles. The summed E-state index contributed by atoms with van der Waals surface area (Å²) in [5, 5.41) is 21.1. The monoisotopic (exact) mass is 1260 g/mol. The largest absolute Gasteiger partial charge is 0.358 e. The smallest absolute Gasteiger partial charge is 0.246 e. The summed E-state index contributed by atoms with van der Waals surface area (Å²) in [6.07, 6.45) is 5.52. The van der Waals surface area contributed by atoms with Gasteiger partial charge in [-0.1, -0.05) is 72.8 Å². The third-order valence-electron chi connectivity index (χ3n) is 17.2. The van der Waals surface area contributed by atoms with E-state index in [-0.39, 0.29) is 73.0 Å². The number of nitrogens with two attached hydrogens (primary N) is 3. The van der Waals surface area contributed by atoms with E-state index >= 15 is 0 Å². The molecule has 0 saturated carbocycles. The number of nitrogens with one attached hydrogen (secondary N) is 9. The van der Waals surface area contributed by atoms with E-state index in [4.69, 9.17) is 17.2 Å².